The highest BCUT2D eigenvalue weighted by atomic mass is 32.2. The van der Waals surface area contributed by atoms with Gasteiger partial charge in [-0.3, -0.25) is 4.40 Å². The predicted octanol–water partition coefficient (Wildman–Crippen LogP) is 0.295. The summed E-state index contributed by atoms with van der Waals surface area (Å²) in [5.74, 6) is -0.488. The van der Waals surface area contributed by atoms with E-state index in [-0.39, 0.29) is 11.6 Å². The highest BCUT2D eigenvalue weighted by molar-refractivity contribution is 7.89. The first kappa shape index (κ1) is 20.9. The highest BCUT2D eigenvalue weighted by Gasteiger charge is 2.30. The molecule has 4 rings (SSSR count). The van der Waals surface area contributed by atoms with Crippen LogP contribution < -0.4 is 11.5 Å². The van der Waals surface area contributed by atoms with Crippen LogP contribution in [-0.4, -0.2) is 57.3 Å². The summed E-state index contributed by atoms with van der Waals surface area (Å²) in [6.07, 6.45) is 6.69. The number of hydrogen-bond donors (Lipinski definition) is 3. The number of carboxylic acids is 1. The third-order valence-electron chi connectivity index (χ3n) is 4.48. The van der Waals surface area contributed by atoms with E-state index in [4.69, 9.17) is 16.6 Å². The van der Waals surface area contributed by atoms with Crippen molar-refractivity contribution in [3.8, 4) is 0 Å². The molecule has 1 saturated heterocycles. The van der Waals surface area contributed by atoms with Gasteiger partial charge in [0, 0.05) is 50.5 Å². The monoisotopic (exact) mass is 418 g/mol. The van der Waals surface area contributed by atoms with E-state index in [2.05, 4.69) is 9.97 Å². The van der Waals surface area contributed by atoms with Crippen LogP contribution in [0.3, 0.4) is 0 Å². The molecule has 3 aromatic rings. The molecule has 11 heteroatoms. The quantitative estimate of drug-likeness (QED) is 0.546. The van der Waals surface area contributed by atoms with Crippen molar-refractivity contribution < 1.29 is 18.3 Å². The van der Waals surface area contributed by atoms with Crippen LogP contribution in [0.5, 0.6) is 0 Å². The first-order valence-corrected chi connectivity index (χ1v) is 10.3. The van der Waals surface area contributed by atoms with E-state index < -0.39 is 16.0 Å². The van der Waals surface area contributed by atoms with E-state index in [0.29, 0.717) is 30.3 Å². The lowest BCUT2D eigenvalue weighted by molar-refractivity contribution is 0.0696. The molecular weight excluding hydrogens is 396 g/mol. The van der Waals surface area contributed by atoms with Crippen molar-refractivity contribution in [2.75, 3.05) is 13.1 Å². The molecule has 29 heavy (non-hydrogen) atoms. The van der Waals surface area contributed by atoms with Gasteiger partial charge in [0.15, 0.2) is 0 Å². The van der Waals surface area contributed by atoms with E-state index >= 15 is 0 Å². The number of benzene rings is 1. The average molecular weight is 418 g/mol. The molecular formula is C18H22N6O4S. The second-order valence-corrected chi connectivity index (χ2v) is 8.48. The van der Waals surface area contributed by atoms with Crippen LogP contribution in [0.2, 0.25) is 0 Å². The molecule has 2 aromatic heterocycles. The van der Waals surface area contributed by atoms with Crippen molar-refractivity contribution in [1.82, 2.24) is 18.7 Å². The van der Waals surface area contributed by atoms with Crippen LogP contribution in [-0.2, 0) is 16.6 Å². The van der Waals surface area contributed by atoms with Gasteiger partial charge in [0.2, 0.25) is 15.8 Å². The lowest BCUT2D eigenvalue weighted by Gasteiger charge is -2.16. The van der Waals surface area contributed by atoms with Gasteiger partial charge in [0.1, 0.15) is 0 Å². The highest BCUT2D eigenvalue weighted by Crippen LogP contribution is 2.20. The minimum absolute atomic E-state index is 0.0481. The minimum Gasteiger partial charge on any atom is -0.478 e. The molecule has 10 nitrogen and oxygen atoms in total. The number of nitrogens with two attached hydrogens (primary N) is 2. The van der Waals surface area contributed by atoms with E-state index in [1.807, 2.05) is 0 Å². The molecule has 0 spiro atoms. The third-order valence-corrected chi connectivity index (χ3v) is 6.36. The zero-order valence-corrected chi connectivity index (χ0v) is 16.4. The maximum atomic E-state index is 12.2. The maximum Gasteiger partial charge on any atom is 0.338 e. The first-order chi connectivity index (χ1) is 13.8. The number of carbonyl (C=O) groups is 1. The number of fused-ring (bicyclic) bond motifs is 1. The molecule has 154 valence electrons. The Morgan fingerprint density at radius 3 is 2.55 bits per heavy atom. The summed E-state index contributed by atoms with van der Waals surface area (Å²) in [6, 6.07) is 6.63. The molecule has 0 amide bonds. The van der Waals surface area contributed by atoms with E-state index in [9.17, 15) is 13.2 Å². The van der Waals surface area contributed by atoms with Gasteiger partial charge in [-0.15, -0.1) is 0 Å². The van der Waals surface area contributed by atoms with Crippen molar-refractivity contribution in [2.45, 2.75) is 23.9 Å². The summed E-state index contributed by atoms with van der Waals surface area (Å²) < 4.78 is 27.4. The summed E-state index contributed by atoms with van der Waals surface area (Å²) >= 11 is 0. The van der Waals surface area contributed by atoms with Gasteiger partial charge in [-0.25, -0.2) is 23.2 Å². The van der Waals surface area contributed by atoms with E-state index in [1.165, 1.54) is 16.7 Å². The minimum atomic E-state index is -3.38. The lowest BCUT2D eigenvalue weighted by Crippen LogP contribution is -2.31. The average Bonchev–Trinajstić information content (AvgIpc) is 3.37. The van der Waals surface area contributed by atoms with Crippen molar-refractivity contribution in [2.24, 2.45) is 11.5 Å². The Balaban J connectivity index is 0.000000176. The normalized spacial score (nSPS) is 17.1. The Morgan fingerprint density at radius 1 is 1.24 bits per heavy atom. The number of nitrogens with zero attached hydrogens (tertiary/aromatic N) is 4. The van der Waals surface area contributed by atoms with Crippen molar-refractivity contribution in [3.63, 3.8) is 0 Å². The van der Waals surface area contributed by atoms with Crippen LogP contribution in [0.1, 0.15) is 22.3 Å². The second-order valence-electron chi connectivity index (χ2n) is 6.54. The van der Waals surface area contributed by atoms with Crippen LogP contribution >= 0.6 is 0 Å². The SMILES string of the molecule is NCc1ccc(S(=O)(=O)N2CCC(N)C2)cc1.O=C(O)c1cnc2nccn2c1. The molecule has 1 aromatic carbocycles. The fourth-order valence-electron chi connectivity index (χ4n) is 2.85. The number of aromatic nitrogens is 3. The topological polar surface area (TPSA) is 157 Å². The van der Waals surface area contributed by atoms with Gasteiger partial charge >= 0.3 is 5.97 Å². The first-order valence-electron chi connectivity index (χ1n) is 8.88. The number of imidazole rings is 1. The lowest BCUT2D eigenvalue weighted by atomic mass is 10.2. The van der Waals surface area contributed by atoms with Gasteiger partial charge < -0.3 is 16.6 Å². The Morgan fingerprint density at radius 2 is 1.97 bits per heavy atom. The molecule has 1 aliphatic rings. The van der Waals surface area contributed by atoms with Gasteiger partial charge in [-0.2, -0.15) is 4.31 Å². The molecule has 0 radical (unpaired) electrons. The van der Waals surface area contributed by atoms with Crippen LogP contribution in [0.25, 0.3) is 5.78 Å². The summed E-state index contributed by atoms with van der Waals surface area (Å²) in [5, 5.41) is 8.61. The predicted molar refractivity (Wildman–Crippen MR) is 106 cm³/mol. The standard InChI is InChI=1S/C11H17N3O2S.C7H5N3O2/c12-7-9-1-3-11(4-2-9)17(15,16)14-6-5-10(13)8-14;11-6(12)5-3-9-7-8-1-2-10(7)4-5/h1-4,10H,5-8,12-13H2;1-4H,(H,11,12). The Kier molecular flexibility index (Phi) is 6.23. The van der Waals surface area contributed by atoms with Gasteiger partial charge in [-0.1, -0.05) is 12.1 Å². The molecule has 0 saturated carbocycles. The van der Waals surface area contributed by atoms with Crippen LogP contribution in [0.15, 0.2) is 53.9 Å². The fourth-order valence-corrected chi connectivity index (χ4v) is 4.36. The summed E-state index contributed by atoms with van der Waals surface area (Å²) in [4.78, 5) is 18.5. The smallest absolute Gasteiger partial charge is 0.338 e. The largest absolute Gasteiger partial charge is 0.478 e. The van der Waals surface area contributed by atoms with Crippen molar-refractivity contribution in [3.05, 3.63) is 60.2 Å². The van der Waals surface area contributed by atoms with Crippen molar-refractivity contribution >= 4 is 21.8 Å². The fraction of sp³-hybridized carbons (Fsp3) is 0.278. The second kappa shape index (κ2) is 8.66. The zero-order valence-electron chi connectivity index (χ0n) is 15.5. The molecule has 0 bridgehead atoms. The van der Waals surface area contributed by atoms with Crippen LogP contribution in [0.4, 0.5) is 0 Å². The third kappa shape index (κ3) is 4.77. The number of carboxylic acid groups (broad SMARTS) is 1. The Bertz CT molecular complexity index is 1100. The Labute approximate surface area is 167 Å². The summed E-state index contributed by atoms with van der Waals surface area (Å²) in [6.45, 7) is 1.32. The molecule has 1 atom stereocenters. The zero-order chi connectivity index (χ0) is 21.0. The summed E-state index contributed by atoms with van der Waals surface area (Å²) in [7, 11) is -3.38. The molecule has 1 fully saturated rings. The number of sulfonamides is 1. The number of hydrogen-bond acceptors (Lipinski definition) is 7. The number of rotatable bonds is 4. The van der Waals surface area contributed by atoms with Gasteiger partial charge in [0.05, 0.1) is 10.5 Å². The maximum absolute atomic E-state index is 12.2. The van der Waals surface area contributed by atoms with Gasteiger partial charge in [0.25, 0.3) is 0 Å². The molecule has 0 aliphatic carbocycles. The van der Waals surface area contributed by atoms with Gasteiger partial charge in [-0.05, 0) is 24.1 Å². The Hall–Kier alpha value is -2.86. The number of aromatic carboxylic acids is 1. The molecule has 3 heterocycles. The molecule has 5 N–H and O–H groups in total. The van der Waals surface area contributed by atoms with Crippen molar-refractivity contribution in [1.29, 1.82) is 0 Å². The molecule has 1 unspecified atom stereocenters. The molecule has 1 aliphatic heterocycles. The van der Waals surface area contributed by atoms with Crippen LogP contribution in [0, 0.1) is 0 Å². The summed E-state index contributed by atoms with van der Waals surface area (Å²) in [5.41, 5.74) is 12.3. The van der Waals surface area contributed by atoms with E-state index in [0.717, 1.165) is 12.0 Å². The van der Waals surface area contributed by atoms with E-state index in [1.54, 1.807) is 41.1 Å².